The Hall–Kier alpha value is -1.14. The van der Waals surface area contributed by atoms with Crippen molar-refractivity contribution < 1.29 is 14.3 Å². The fraction of sp³-hybridized carbons (Fsp3) is 0.800. The molecule has 6 heteroatoms. The Morgan fingerprint density at radius 2 is 2.31 bits per heavy atom. The Morgan fingerprint density at radius 1 is 1.50 bits per heavy atom. The molecule has 0 radical (unpaired) electrons. The lowest BCUT2D eigenvalue weighted by Gasteiger charge is -2.21. The van der Waals surface area contributed by atoms with Crippen LogP contribution in [-0.4, -0.2) is 44.7 Å². The van der Waals surface area contributed by atoms with Gasteiger partial charge in [0.05, 0.1) is 12.5 Å². The molecule has 0 aliphatic carbocycles. The van der Waals surface area contributed by atoms with E-state index in [-0.39, 0.29) is 18.4 Å². The number of carbonyl (C=O) groups is 2. The predicted molar refractivity (Wildman–Crippen MR) is 58.6 cm³/mol. The number of rotatable bonds is 6. The number of hydrogen-bond donors (Lipinski definition) is 3. The Bertz CT molecular complexity index is 239. The van der Waals surface area contributed by atoms with E-state index in [1.807, 2.05) is 0 Å². The molecule has 0 aromatic carbocycles. The number of nitrogens with two attached hydrogens (primary N) is 1. The maximum atomic E-state index is 11.6. The molecule has 1 fully saturated rings. The molecule has 0 aromatic rings. The summed E-state index contributed by atoms with van der Waals surface area (Å²) in [6.07, 6.45) is 1.97. The summed E-state index contributed by atoms with van der Waals surface area (Å²) in [7, 11) is 0. The van der Waals surface area contributed by atoms with Gasteiger partial charge in [-0.15, -0.1) is 0 Å². The first kappa shape index (κ1) is 12.9. The summed E-state index contributed by atoms with van der Waals surface area (Å²) in [4.78, 5) is 21.9. The molecule has 0 bridgehead atoms. The van der Waals surface area contributed by atoms with Crippen LogP contribution in [0.2, 0.25) is 0 Å². The average molecular weight is 229 g/mol. The molecule has 1 atom stereocenters. The second-order valence-corrected chi connectivity index (χ2v) is 3.85. The maximum Gasteiger partial charge on any atom is 0.243 e. The molecule has 1 aliphatic heterocycles. The number of piperidine rings is 1. The number of hydrogen-bond acceptors (Lipinski definition) is 4. The van der Waals surface area contributed by atoms with Gasteiger partial charge in [0, 0.05) is 13.1 Å². The van der Waals surface area contributed by atoms with Crippen LogP contribution in [0.4, 0.5) is 0 Å². The van der Waals surface area contributed by atoms with E-state index in [0.29, 0.717) is 13.2 Å². The lowest BCUT2D eigenvalue weighted by Crippen LogP contribution is -2.41. The van der Waals surface area contributed by atoms with Gasteiger partial charge in [0.15, 0.2) is 0 Å². The molecular formula is C10H19N3O3. The first-order chi connectivity index (χ1) is 7.70. The van der Waals surface area contributed by atoms with E-state index in [9.17, 15) is 9.59 Å². The van der Waals surface area contributed by atoms with Crippen molar-refractivity contribution in [2.45, 2.75) is 12.8 Å². The highest BCUT2D eigenvalue weighted by Crippen LogP contribution is 2.09. The topological polar surface area (TPSA) is 93.5 Å². The quantitative estimate of drug-likeness (QED) is 0.488. The lowest BCUT2D eigenvalue weighted by atomic mass is 9.99. The van der Waals surface area contributed by atoms with Crippen molar-refractivity contribution in [2.24, 2.45) is 11.7 Å². The number of nitrogens with one attached hydrogen (secondary N) is 2. The molecule has 0 aromatic heterocycles. The van der Waals surface area contributed by atoms with Crippen molar-refractivity contribution in [1.82, 2.24) is 10.6 Å². The van der Waals surface area contributed by atoms with E-state index in [1.54, 1.807) is 0 Å². The second-order valence-electron chi connectivity index (χ2n) is 3.85. The van der Waals surface area contributed by atoms with Crippen molar-refractivity contribution in [1.29, 1.82) is 0 Å². The van der Waals surface area contributed by atoms with Gasteiger partial charge in [0.2, 0.25) is 11.8 Å². The van der Waals surface area contributed by atoms with Crippen molar-refractivity contribution in [3.8, 4) is 0 Å². The summed E-state index contributed by atoms with van der Waals surface area (Å²) in [5, 5.41) is 5.95. The fourth-order valence-corrected chi connectivity index (χ4v) is 1.64. The Kier molecular flexibility index (Phi) is 5.81. The summed E-state index contributed by atoms with van der Waals surface area (Å²) in [5.41, 5.74) is 4.89. The number of amides is 2. The highest BCUT2D eigenvalue weighted by Gasteiger charge is 2.19. The summed E-state index contributed by atoms with van der Waals surface area (Å²) in [5.74, 6) is -0.387. The number of carbonyl (C=O) groups excluding carboxylic acids is 2. The highest BCUT2D eigenvalue weighted by molar-refractivity contribution is 5.79. The van der Waals surface area contributed by atoms with Crippen molar-refractivity contribution >= 4 is 11.8 Å². The third-order valence-corrected chi connectivity index (χ3v) is 2.46. The van der Waals surface area contributed by atoms with Crippen LogP contribution in [0.1, 0.15) is 12.8 Å². The molecule has 4 N–H and O–H groups in total. The minimum atomic E-state index is -0.497. The monoisotopic (exact) mass is 229 g/mol. The molecule has 0 saturated carbocycles. The normalized spacial score (nSPS) is 20.4. The Labute approximate surface area is 94.9 Å². The fourth-order valence-electron chi connectivity index (χ4n) is 1.64. The highest BCUT2D eigenvalue weighted by atomic mass is 16.5. The minimum Gasteiger partial charge on any atom is -0.370 e. The number of primary amides is 1. The summed E-state index contributed by atoms with van der Waals surface area (Å²) in [6.45, 7) is 2.37. The zero-order valence-electron chi connectivity index (χ0n) is 9.33. The van der Waals surface area contributed by atoms with Crippen LogP contribution in [0, 0.1) is 5.92 Å². The molecule has 92 valence electrons. The molecular weight excluding hydrogens is 210 g/mol. The van der Waals surface area contributed by atoms with Crippen molar-refractivity contribution in [3.05, 3.63) is 0 Å². The number of ether oxygens (including phenoxy) is 1. The third-order valence-electron chi connectivity index (χ3n) is 2.46. The molecule has 1 heterocycles. The van der Waals surface area contributed by atoms with Gasteiger partial charge in [0.1, 0.15) is 6.61 Å². The predicted octanol–water partition coefficient (Wildman–Crippen LogP) is -1.40. The van der Waals surface area contributed by atoms with Crippen LogP contribution in [0.15, 0.2) is 0 Å². The molecule has 2 amide bonds. The van der Waals surface area contributed by atoms with E-state index >= 15 is 0 Å². The van der Waals surface area contributed by atoms with Gasteiger partial charge in [-0.05, 0) is 19.4 Å². The largest absolute Gasteiger partial charge is 0.370 e. The minimum absolute atomic E-state index is 0.0508. The molecule has 1 unspecified atom stereocenters. The second kappa shape index (κ2) is 7.19. The van der Waals surface area contributed by atoms with Crippen LogP contribution in [0.3, 0.4) is 0 Å². The van der Waals surface area contributed by atoms with Crippen LogP contribution >= 0.6 is 0 Å². The van der Waals surface area contributed by atoms with Gasteiger partial charge in [-0.1, -0.05) is 0 Å². The smallest absolute Gasteiger partial charge is 0.243 e. The van der Waals surface area contributed by atoms with Crippen LogP contribution in [-0.2, 0) is 14.3 Å². The first-order valence-corrected chi connectivity index (χ1v) is 5.54. The first-order valence-electron chi connectivity index (χ1n) is 5.54. The Morgan fingerprint density at radius 3 is 2.94 bits per heavy atom. The molecule has 1 rings (SSSR count). The standard InChI is InChI=1S/C10H19N3O3/c11-9(14)7-16-5-4-13-10(15)8-2-1-3-12-6-8/h8,12H,1-7H2,(H2,11,14)(H,13,15). The van der Waals surface area contributed by atoms with Gasteiger partial charge >= 0.3 is 0 Å². The molecule has 6 nitrogen and oxygen atoms in total. The van der Waals surface area contributed by atoms with Gasteiger partial charge in [-0.2, -0.15) is 0 Å². The van der Waals surface area contributed by atoms with Gasteiger partial charge in [-0.25, -0.2) is 0 Å². The van der Waals surface area contributed by atoms with E-state index < -0.39 is 5.91 Å². The summed E-state index contributed by atoms with van der Waals surface area (Å²) in [6, 6.07) is 0. The average Bonchev–Trinajstić information content (AvgIpc) is 2.29. The molecule has 16 heavy (non-hydrogen) atoms. The summed E-state index contributed by atoms with van der Waals surface area (Å²) >= 11 is 0. The third kappa shape index (κ3) is 5.09. The van der Waals surface area contributed by atoms with Gasteiger partial charge < -0.3 is 21.1 Å². The van der Waals surface area contributed by atoms with E-state index in [4.69, 9.17) is 10.5 Å². The maximum absolute atomic E-state index is 11.6. The van der Waals surface area contributed by atoms with E-state index in [1.165, 1.54) is 0 Å². The van der Waals surface area contributed by atoms with Crippen LogP contribution < -0.4 is 16.4 Å². The van der Waals surface area contributed by atoms with Crippen molar-refractivity contribution in [3.63, 3.8) is 0 Å². The summed E-state index contributed by atoms with van der Waals surface area (Å²) < 4.78 is 4.93. The van der Waals surface area contributed by atoms with Crippen molar-refractivity contribution in [2.75, 3.05) is 32.8 Å². The van der Waals surface area contributed by atoms with Gasteiger partial charge in [-0.3, -0.25) is 9.59 Å². The zero-order valence-corrected chi connectivity index (χ0v) is 9.33. The van der Waals surface area contributed by atoms with Crippen LogP contribution in [0.25, 0.3) is 0 Å². The molecule has 1 saturated heterocycles. The van der Waals surface area contributed by atoms with Crippen LogP contribution in [0.5, 0.6) is 0 Å². The lowest BCUT2D eigenvalue weighted by molar-refractivity contribution is -0.125. The molecule has 0 spiro atoms. The van der Waals surface area contributed by atoms with E-state index in [2.05, 4.69) is 10.6 Å². The molecule has 1 aliphatic rings. The van der Waals surface area contributed by atoms with E-state index in [0.717, 1.165) is 25.9 Å². The van der Waals surface area contributed by atoms with Gasteiger partial charge in [0.25, 0.3) is 0 Å². The SMILES string of the molecule is NC(=O)COCCNC(=O)C1CCCNC1. The zero-order chi connectivity index (χ0) is 11.8. The Balaban J connectivity index is 2.03.